The quantitative estimate of drug-likeness (QED) is 0.777. The number of aromatic nitrogens is 1. The Morgan fingerprint density at radius 3 is 2.61 bits per heavy atom. The van der Waals surface area contributed by atoms with Crippen LogP contribution in [0.3, 0.4) is 0 Å². The number of rotatable bonds is 3. The maximum Gasteiger partial charge on any atom is 0.416 e. The lowest BCUT2D eigenvalue weighted by Crippen LogP contribution is -2.06. The number of hydrogen-bond acceptors (Lipinski definition) is 6. The minimum Gasteiger partial charge on any atom is -0.507 e. The van der Waals surface area contributed by atoms with Gasteiger partial charge in [0.25, 0.3) is 0 Å². The Balaban J connectivity index is 0.00000136. The fraction of sp³-hybridized carbons (Fsp3) is 0.316. The number of anilines is 1. The van der Waals surface area contributed by atoms with Crippen LogP contribution in [0.1, 0.15) is 23.1 Å². The largest absolute Gasteiger partial charge is 0.507 e. The number of aryl methyl sites for hydroxylation is 1. The first-order valence-corrected chi connectivity index (χ1v) is 8.33. The molecule has 0 spiro atoms. The summed E-state index contributed by atoms with van der Waals surface area (Å²) in [5, 5.41) is 10.1. The molecule has 3 N–H and O–H groups in total. The second kappa shape index (κ2) is 8.83. The number of halogens is 3. The van der Waals surface area contributed by atoms with Crippen molar-refractivity contribution >= 4 is 18.8 Å². The molecular formula is C19H20F3N3O3. The van der Waals surface area contributed by atoms with Gasteiger partial charge in [-0.05, 0) is 43.2 Å². The summed E-state index contributed by atoms with van der Waals surface area (Å²) in [6.45, 7) is 4.74. The fourth-order valence-electron chi connectivity index (χ4n) is 2.82. The first-order valence-electron chi connectivity index (χ1n) is 8.33. The van der Waals surface area contributed by atoms with E-state index in [1.54, 1.807) is 18.3 Å². The third-order valence-electron chi connectivity index (χ3n) is 4.19. The van der Waals surface area contributed by atoms with Crippen molar-refractivity contribution in [1.82, 2.24) is 4.98 Å². The molecule has 6 nitrogen and oxygen atoms in total. The van der Waals surface area contributed by atoms with Gasteiger partial charge in [-0.1, -0.05) is 0 Å². The number of benzene rings is 1. The van der Waals surface area contributed by atoms with E-state index in [9.17, 15) is 18.3 Å². The minimum absolute atomic E-state index is 0.0929. The van der Waals surface area contributed by atoms with Gasteiger partial charge in [0, 0.05) is 23.9 Å². The van der Waals surface area contributed by atoms with Crippen LogP contribution in [0, 0.1) is 6.92 Å². The highest BCUT2D eigenvalue weighted by atomic mass is 19.4. The zero-order chi connectivity index (χ0) is 20.9. The molecule has 1 saturated heterocycles. The summed E-state index contributed by atoms with van der Waals surface area (Å²) in [5.41, 5.74) is 6.42. The number of hydrogen-bond donors (Lipinski definition) is 2. The zero-order valence-electron chi connectivity index (χ0n) is 15.2. The number of alkyl halides is 3. The Labute approximate surface area is 159 Å². The highest BCUT2D eigenvalue weighted by molar-refractivity contribution is 5.87. The van der Waals surface area contributed by atoms with Gasteiger partial charge in [-0.3, -0.25) is 4.99 Å². The maximum absolute atomic E-state index is 12.8. The van der Waals surface area contributed by atoms with Crippen LogP contribution in [0.5, 0.6) is 5.75 Å². The van der Waals surface area contributed by atoms with Crippen molar-refractivity contribution in [3.8, 4) is 17.0 Å². The molecule has 1 aromatic heterocycles. The molecule has 1 aliphatic rings. The van der Waals surface area contributed by atoms with Gasteiger partial charge in [0.05, 0.1) is 23.9 Å². The van der Waals surface area contributed by atoms with Crippen LogP contribution in [0.4, 0.5) is 19.0 Å². The highest BCUT2D eigenvalue weighted by Crippen LogP contribution is 2.38. The zero-order valence-corrected chi connectivity index (χ0v) is 15.2. The van der Waals surface area contributed by atoms with Crippen LogP contribution in [0.15, 0.2) is 29.3 Å². The number of nitrogen functional groups attached to an aromatic ring is 1. The Kier molecular flexibility index (Phi) is 6.74. The lowest BCUT2D eigenvalue weighted by atomic mass is 10.00. The summed E-state index contributed by atoms with van der Waals surface area (Å²) >= 11 is 0. The van der Waals surface area contributed by atoms with Crippen molar-refractivity contribution in [2.75, 3.05) is 18.9 Å². The SMILES string of the molecule is C=O.Cc1cc(C(F)(F)F)cc(O)c1-c1ccc(C=N[C@@H]2CCOC2)c(N)n1. The van der Waals surface area contributed by atoms with Crippen LogP contribution in [0.25, 0.3) is 11.3 Å². The van der Waals surface area contributed by atoms with Crippen molar-refractivity contribution < 1.29 is 27.8 Å². The van der Waals surface area contributed by atoms with E-state index in [1.807, 2.05) is 6.79 Å². The summed E-state index contributed by atoms with van der Waals surface area (Å²) in [4.78, 5) is 16.6. The molecule has 1 aliphatic heterocycles. The predicted octanol–water partition coefficient (Wildman–Crippen LogP) is 3.39. The summed E-state index contributed by atoms with van der Waals surface area (Å²) in [6.07, 6.45) is -2.07. The third-order valence-corrected chi connectivity index (χ3v) is 4.19. The number of aromatic hydroxyl groups is 1. The van der Waals surface area contributed by atoms with E-state index in [-0.39, 0.29) is 23.0 Å². The Hall–Kier alpha value is -2.94. The number of phenolic OH excluding ortho intramolecular Hbond substituents is 1. The lowest BCUT2D eigenvalue weighted by Gasteiger charge is -2.14. The molecule has 1 aromatic carbocycles. The van der Waals surface area contributed by atoms with Crippen molar-refractivity contribution in [2.24, 2.45) is 4.99 Å². The molecule has 0 radical (unpaired) electrons. The molecular weight excluding hydrogens is 375 g/mol. The summed E-state index contributed by atoms with van der Waals surface area (Å²) in [6, 6.07) is 5.03. The van der Waals surface area contributed by atoms with E-state index in [2.05, 4.69) is 9.98 Å². The van der Waals surface area contributed by atoms with Crippen LogP contribution < -0.4 is 5.73 Å². The van der Waals surface area contributed by atoms with Crippen LogP contribution >= 0.6 is 0 Å². The molecule has 2 aromatic rings. The van der Waals surface area contributed by atoms with E-state index < -0.39 is 17.5 Å². The number of aliphatic imine (C=N–C) groups is 1. The Bertz CT molecular complexity index is 840. The number of carbonyl (C=O) groups excluding carboxylic acids is 1. The van der Waals surface area contributed by atoms with E-state index in [0.717, 1.165) is 12.5 Å². The third kappa shape index (κ3) is 4.86. The van der Waals surface area contributed by atoms with Gasteiger partial charge in [0.15, 0.2) is 0 Å². The summed E-state index contributed by atoms with van der Waals surface area (Å²) in [5.74, 6) is -0.308. The first kappa shape index (κ1) is 21.4. The van der Waals surface area contributed by atoms with Crippen molar-refractivity contribution in [1.29, 1.82) is 0 Å². The number of nitrogens with zero attached hydrogens (tertiary/aromatic N) is 2. The second-order valence-corrected chi connectivity index (χ2v) is 6.15. The molecule has 2 heterocycles. The standard InChI is InChI=1S/C18H18F3N3O2.CH2O/c1-10-6-12(18(19,20)21)7-15(25)16(10)14-3-2-11(17(22)24-14)8-23-13-4-5-26-9-13;1-2/h2-3,6-8,13,25H,4-5,9H2,1H3,(H2,22,24);1H2/t13-;/m1./s1. The molecule has 1 atom stereocenters. The molecule has 28 heavy (non-hydrogen) atoms. The molecule has 3 rings (SSSR count). The maximum atomic E-state index is 12.8. The minimum atomic E-state index is -4.53. The number of pyridine rings is 1. The van der Waals surface area contributed by atoms with Gasteiger partial charge < -0.3 is 20.4 Å². The lowest BCUT2D eigenvalue weighted by molar-refractivity contribution is -0.137. The van der Waals surface area contributed by atoms with Crippen LogP contribution in [-0.4, -0.2) is 42.3 Å². The number of carbonyl (C=O) groups is 1. The van der Waals surface area contributed by atoms with Crippen LogP contribution in [0.2, 0.25) is 0 Å². The van der Waals surface area contributed by atoms with Gasteiger partial charge >= 0.3 is 6.18 Å². The fourth-order valence-corrected chi connectivity index (χ4v) is 2.82. The smallest absolute Gasteiger partial charge is 0.416 e. The molecule has 0 unspecified atom stereocenters. The Morgan fingerprint density at radius 1 is 1.36 bits per heavy atom. The van der Waals surface area contributed by atoms with Gasteiger partial charge in [-0.25, -0.2) is 4.98 Å². The van der Waals surface area contributed by atoms with Gasteiger partial charge in [0.2, 0.25) is 0 Å². The molecule has 0 amide bonds. The van der Waals surface area contributed by atoms with E-state index >= 15 is 0 Å². The topological polar surface area (TPSA) is 97.8 Å². The van der Waals surface area contributed by atoms with Crippen LogP contribution in [-0.2, 0) is 15.7 Å². The van der Waals surface area contributed by atoms with E-state index in [0.29, 0.717) is 30.5 Å². The van der Waals surface area contributed by atoms with Gasteiger partial charge in [0.1, 0.15) is 18.4 Å². The molecule has 0 aliphatic carbocycles. The monoisotopic (exact) mass is 395 g/mol. The molecule has 1 fully saturated rings. The summed E-state index contributed by atoms with van der Waals surface area (Å²) in [7, 11) is 0. The molecule has 150 valence electrons. The van der Waals surface area contributed by atoms with Crippen molar-refractivity contribution in [2.45, 2.75) is 25.6 Å². The molecule has 0 bridgehead atoms. The average Bonchev–Trinajstić information content (AvgIpc) is 3.15. The van der Waals surface area contributed by atoms with Crippen molar-refractivity contribution in [3.05, 3.63) is 41.0 Å². The van der Waals surface area contributed by atoms with Gasteiger partial charge in [-0.2, -0.15) is 13.2 Å². The normalized spacial score (nSPS) is 16.8. The highest BCUT2D eigenvalue weighted by Gasteiger charge is 2.32. The van der Waals surface area contributed by atoms with E-state index in [4.69, 9.17) is 15.3 Å². The Morgan fingerprint density at radius 2 is 2.07 bits per heavy atom. The van der Waals surface area contributed by atoms with Crippen molar-refractivity contribution in [3.63, 3.8) is 0 Å². The summed E-state index contributed by atoms with van der Waals surface area (Å²) < 4.78 is 43.8. The molecule has 9 heteroatoms. The second-order valence-electron chi connectivity index (χ2n) is 6.15. The number of ether oxygens (including phenoxy) is 1. The molecule has 0 saturated carbocycles. The number of nitrogens with two attached hydrogens (primary N) is 1. The van der Waals surface area contributed by atoms with Gasteiger partial charge in [-0.15, -0.1) is 0 Å². The predicted molar refractivity (Wildman–Crippen MR) is 99.4 cm³/mol. The first-order chi connectivity index (χ1) is 13.3. The van der Waals surface area contributed by atoms with E-state index in [1.165, 1.54) is 6.92 Å². The average molecular weight is 395 g/mol. The number of phenols is 1.